The third-order valence-corrected chi connectivity index (χ3v) is 6.19. The van der Waals surface area contributed by atoms with Crippen LogP contribution in [0.4, 0.5) is 0 Å². The topological polar surface area (TPSA) is 62.0 Å². The Kier molecular flexibility index (Phi) is 4.86. The zero-order chi connectivity index (χ0) is 18.9. The van der Waals surface area contributed by atoms with Crippen LogP contribution in [0.5, 0.6) is 0 Å². The van der Waals surface area contributed by atoms with Crippen molar-refractivity contribution in [2.75, 3.05) is 0 Å². The molecular formula is C21H17BrN2O2S. The van der Waals surface area contributed by atoms with Gasteiger partial charge in [0.2, 0.25) is 0 Å². The number of hydrogen-bond acceptors (Lipinski definition) is 2. The molecule has 0 unspecified atom stereocenters. The van der Waals surface area contributed by atoms with Crippen molar-refractivity contribution >= 4 is 36.9 Å². The molecule has 1 heterocycles. The average molecular weight is 441 g/mol. The van der Waals surface area contributed by atoms with Crippen LogP contribution in [-0.2, 0) is 16.6 Å². The van der Waals surface area contributed by atoms with Gasteiger partial charge in [-0.1, -0.05) is 70.5 Å². The average Bonchev–Trinajstić information content (AvgIpc) is 3.12. The SMILES string of the molecule is O=S(=O)(NCc1ccc(-c2ccccc2)cc1)c1cc2cc(Br)ccc2[nH]1. The van der Waals surface area contributed by atoms with E-state index in [0.29, 0.717) is 0 Å². The number of sulfonamides is 1. The Morgan fingerprint density at radius 2 is 1.56 bits per heavy atom. The van der Waals surface area contributed by atoms with E-state index in [1.807, 2.05) is 72.8 Å². The minimum absolute atomic E-state index is 0.163. The highest BCUT2D eigenvalue weighted by Crippen LogP contribution is 2.23. The monoisotopic (exact) mass is 440 g/mol. The molecule has 27 heavy (non-hydrogen) atoms. The Bertz CT molecular complexity index is 1180. The zero-order valence-corrected chi connectivity index (χ0v) is 16.7. The second-order valence-corrected chi connectivity index (χ2v) is 8.90. The molecule has 0 amide bonds. The Morgan fingerprint density at radius 1 is 0.852 bits per heavy atom. The van der Waals surface area contributed by atoms with Crippen LogP contribution in [0.2, 0.25) is 0 Å². The molecule has 4 nitrogen and oxygen atoms in total. The molecular weight excluding hydrogens is 424 g/mol. The molecule has 2 N–H and O–H groups in total. The Hall–Kier alpha value is -2.41. The normalized spacial score (nSPS) is 11.7. The molecule has 0 fully saturated rings. The largest absolute Gasteiger partial charge is 0.345 e. The van der Waals surface area contributed by atoms with Crippen molar-refractivity contribution in [2.45, 2.75) is 11.6 Å². The molecule has 4 rings (SSSR count). The number of fused-ring (bicyclic) bond motifs is 1. The van der Waals surface area contributed by atoms with Gasteiger partial charge in [-0.25, -0.2) is 13.1 Å². The highest BCUT2D eigenvalue weighted by molar-refractivity contribution is 9.10. The molecule has 0 saturated carbocycles. The van der Waals surface area contributed by atoms with Crippen molar-refractivity contribution in [2.24, 2.45) is 0 Å². The van der Waals surface area contributed by atoms with Gasteiger partial charge in [0.1, 0.15) is 5.03 Å². The number of H-pyrrole nitrogens is 1. The summed E-state index contributed by atoms with van der Waals surface area (Å²) in [6.07, 6.45) is 0. The smallest absolute Gasteiger partial charge is 0.256 e. The van der Waals surface area contributed by atoms with Crippen LogP contribution in [0.15, 0.2) is 88.4 Å². The van der Waals surface area contributed by atoms with Gasteiger partial charge in [0, 0.05) is 21.9 Å². The van der Waals surface area contributed by atoms with Crippen molar-refractivity contribution in [3.8, 4) is 11.1 Å². The van der Waals surface area contributed by atoms with Gasteiger partial charge in [0.15, 0.2) is 0 Å². The van der Waals surface area contributed by atoms with Crippen LogP contribution in [0.3, 0.4) is 0 Å². The molecule has 1 aromatic heterocycles. The maximum absolute atomic E-state index is 12.6. The third kappa shape index (κ3) is 3.98. The number of aromatic amines is 1. The van der Waals surface area contributed by atoms with E-state index in [0.717, 1.165) is 32.1 Å². The number of hydrogen-bond donors (Lipinski definition) is 2. The van der Waals surface area contributed by atoms with Crippen molar-refractivity contribution < 1.29 is 8.42 Å². The maximum atomic E-state index is 12.6. The van der Waals surface area contributed by atoms with Gasteiger partial charge < -0.3 is 4.98 Å². The van der Waals surface area contributed by atoms with Crippen molar-refractivity contribution in [1.29, 1.82) is 0 Å². The number of aromatic nitrogens is 1. The van der Waals surface area contributed by atoms with Crippen LogP contribution in [0.1, 0.15) is 5.56 Å². The summed E-state index contributed by atoms with van der Waals surface area (Å²) >= 11 is 3.40. The molecule has 0 saturated heterocycles. The van der Waals surface area contributed by atoms with Crippen LogP contribution in [-0.4, -0.2) is 13.4 Å². The number of nitrogens with one attached hydrogen (secondary N) is 2. The minimum atomic E-state index is -3.62. The molecule has 4 aromatic rings. The summed E-state index contributed by atoms with van der Waals surface area (Å²) in [5.74, 6) is 0. The molecule has 0 radical (unpaired) electrons. The lowest BCUT2D eigenvalue weighted by molar-refractivity contribution is 0.578. The lowest BCUT2D eigenvalue weighted by atomic mass is 10.0. The fourth-order valence-corrected chi connectivity index (χ4v) is 4.34. The first kappa shape index (κ1) is 18.0. The summed E-state index contributed by atoms with van der Waals surface area (Å²) in [4.78, 5) is 2.96. The highest BCUT2D eigenvalue weighted by atomic mass is 79.9. The van der Waals surface area contributed by atoms with Gasteiger partial charge in [-0.05, 0) is 41.0 Å². The molecule has 0 aliphatic carbocycles. The lowest BCUT2D eigenvalue weighted by Crippen LogP contribution is -2.23. The van der Waals surface area contributed by atoms with Crippen LogP contribution < -0.4 is 4.72 Å². The molecule has 3 aromatic carbocycles. The first-order valence-electron chi connectivity index (χ1n) is 8.44. The van der Waals surface area contributed by atoms with E-state index in [9.17, 15) is 8.42 Å². The standard InChI is InChI=1S/C21H17BrN2O2S/c22-19-10-11-20-18(12-19)13-21(24-20)27(25,26)23-14-15-6-8-17(9-7-15)16-4-2-1-3-5-16/h1-13,23-24H,14H2. The van der Waals surface area contributed by atoms with E-state index in [-0.39, 0.29) is 11.6 Å². The van der Waals surface area contributed by atoms with Gasteiger partial charge in [0.25, 0.3) is 10.0 Å². The van der Waals surface area contributed by atoms with E-state index in [2.05, 4.69) is 25.6 Å². The van der Waals surface area contributed by atoms with Gasteiger partial charge in [-0.3, -0.25) is 0 Å². The van der Waals surface area contributed by atoms with E-state index in [1.54, 1.807) is 6.07 Å². The van der Waals surface area contributed by atoms with Crippen molar-refractivity contribution in [3.05, 3.63) is 88.9 Å². The van der Waals surface area contributed by atoms with E-state index in [4.69, 9.17) is 0 Å². The second-order valence-electron chi connectivity index (χ2n) is 6.25. The molecule has 0 bridgehead atoms. The van der Waals surface area contributed by atoms with Crippen LogP contribution in [0.25, 0.3) is 22.0 Å². The van der Waals surface area contributed by atoms with Crippen LogP contribution in [0, 0.1) is 0 Å². The minimum Gasteiger partial charge on any atom is -0.345 e. The van der Waals surface area contributed by atoms with Gasteiger partial charge >= 0.3 is 0 Å². The fourth-order valence-electron chi connectivity index (χ4n) is 2.92. The fraction of sp³-hybridized carbons (Fsp3) is 0.0476. The first-order valence-corrected chi connectivity index (χ1v) is 10.7. The Morgan fingerprint density at radius 3 is 2.30 bits per heavy atom. The highest BCUT2D eigenvalue weighted by Gasteiger charge is 2.16. The Balaban J connectivity index is 1.50. The molecule has 0 aliphatic rings. The van der Waals surface area contributed by atoms with Crippen LogP contribution >= 0.6 is 15.9 Å². The van der Waals surface area contributed by atoms with Gasteiger partial charge in [0.05, 0.1) is 0 Å². The van der Waals surface area contributed by atoms with E-state index < -0.39 is 10.0 Å². The molecule has 136 valence electrons. The molecule has 0 aliphatic heterocycles. The lowest BCUT2D eigenvalue weighted by Gasteiger charge is -2.07. The van der Waals surface area contributed by atoms with E-state index >= 15 is 0 Å². The predicted molar refractivity (Wildman–Crippen MR) is 112 cm³/mol. The summed E-state index contributed by atoms with van der Waals surface area (Å²) in [6, 6.07) is 25.2. The van der Waals surface area contributed by atoms with Crippen molar-refractivity contribution in [3.63, 3.8) is 0 Å². The molecule has 6 heteroatoms. The number of halogens is 1. The molecule has 0 atom stereocenters. The first-order chi connectivity index (χ1) is 13.0. The predicted octanol–water partition coefficient (Wildman–Crippen LogP) is 5.08. The number of benzene rings is 3. The van der Waals surface area contributed by atoms with Gasteiger partial charge in [-0.2, -0.15) is 0 Å². The third-order valence-electron chi connectivity index (χ3n) is 4.37. The van der Waals surface area contributed by atoms with Gasteiger partial charge in [-0.15, -0.1) is 0 Å². The quantitative estimate of drug-likeness (QED) is 0.454. The Labute approximate surface area is 166 Å². The summed E-state index contributed by atoms with van der Waals surface area (Å²) in [5, 5.41) is 1.01. The summed E-state index contributed by atoms with van der Waals surface area (Å²) in [7, 11) is -3.62. The molecule has 0 spiro atoms. The van der Waals surface area contributed by atoms with Crippen molar-refractivity contribution in [1.82, 2.24) is 9.71 Å². The number of rotatable bonds is 5. The van der Waals surface area contributed by atoms with E-state index in [1.165, 1.54) is 0 Å². The maximum Gasteiger partial charge on any atom is 0.256 e. The zero-order valence-electron chi connectivity index (χ0n) is 14.3. The summed E-state index contributed by atoms with van der Waals surface area (Å²) in [6.45, 7) is 0.233. The second kappa shape index (κ2) is 7.31. The summed E-state index contributed by atoms with van der Waals surface area (Å²) < 4.78 is 28.8. The summed E-state index contributed by atoms with van der Waals surface area (Å²) in [5.41, 5.74) is 3.92.